The Morgan fingerprint density at radius 1 is 1.17 bits per heavy atom. The molecule has 2 N–H and O–H groups in total. The number of nitrogens with zero attached hydrogens (tertiary/aromatic N) is 2. The summed E-state index contributed by atoms with van der Waals surface area (Å²) >= 11 is 0. The number of carbonyl (C=O) groups excluding carboxylic acids is 1. The van der Waals surface area contributed by atoms with Gasteiger partial charge in [0.1, 0.15) is 5.69 Å². The molecule has 5 nitrogen and oxygen atoms in total. The van der Waals surface area contributed by atoms with Crippen LogP contribution in [0.3, 0.4) is 0 Å². The van der Waals surface area contributed by atoms with E-state index in [1.165, 1.54) is 0 Å². The van der Waals surface area contributed by atoms with Crippen molar-refractivity contribution in [2.75, 3.05) is 13.2 Å². The smallest absolute Gasteiger partial charge is 0.396 e. The molecule has 8 heteroatoms. The fourth-order valence-corrected chi connectivity index (χ4v) is 2.15. The minimum Gasteiger partial charge on any atom is -0.396 e. The lowest BCUT2D eigenvalue weighted by Gasteiger charge is -2.16. The van der Waals surface area contributed by atoms with Crippen molar-refractivity contribution in [1.29, 1.82) is 0 Å². The van der Waals surface area contributed by atoms with Gasteiger partial charge in [0.25, 0.3) is 5.91 Å². The zero-order valence-electron chi connectivity index (χ0n) is 12.6. The highest BCUT2D eigenvalue weighted by atomic mass is 19.4. The molecule has 0 aliphatic heterocycles. The van der Waals surface area contributed by atoms with Crippen molar-refractivity contribution in [1.82, 2.24) is 15.3 Å². The first kappa shape index (κ1) is 17.9. The Morgan fingerprint density at radius 3 is 2.54 bits per heavy atom. The van der Waals surface area contributed by atoms with Crippen molar-refractivity contribution < 1.29 is 23.1 Å². The largest absolute Gasteiger partial charge is 0.418 e. The van der Waals surface area contributed by atoms with E-state index in [4.69, 9.17) is 0 Å². The molecule has 2 heterocycles. The maximum atomic E-state index is 12.9. The van der Waals surface area contributed by atoms with Gasteiger partial charge in [0.15, 0.2) is 0 Å². The molecule has 24 heavy (non-hydrogen) atoms. The lowest BCUT2D eigenvalue weighted by atomic mass is 10.0. The first-order valence-electron chi connectivity index (χ1n) is 7.23. The quantitative estimate of drug-likeness (QED) is 0.845. The Hall–Kier alpha value is -2.48. The maximum absolute atomic E-state index is 12.9. The van der Waals surface area contributed by atoms with Crippen LogP contribution in [-0.4, -0.2) is 34.1 Å². The molecule has 1 amide bonds. The number of aliphatic hydroxyl groups excluding tert-OH is 1. The van der Waals surface area contributed by atoms with Crippen LogP contribution in [0.4, 0.5) is 13.2 Å². The van der Waals surface area contributed by atoms with Crippen LogP contribution in [0.5, 0.6) is 0 Å². The summed E-state index contributed by atoms with van der Waals surface area (Å²) in [4.78, 5) is 19.7. The van der Waals surface area contributed by atoms with Gasteiger partial charge >= 0.3 is 6.18 Å². The van der Waals surface area contributed by atoms with Gasteiger partial charge in [0.05, 0.1) is 5.56 Å². The maximum Gasteiger partial charge on any atom is 0.418 e. The normalized spacial score (nSPS) is 12.7. The highest BCUT2D eigenvalue weighted by Crippen LogP contribution is 2.30. The molecule has 2 aromatic heterocycles. The van der Waals surface area contributed by atoms with Crippen molar-refractivity contribution in [3.8, 4) is 0 Å². The third kappa shape index (κ3) is 4.76. The minimum atomic E-state index is -4.66. The molecule has 0 radical (unpaired) electrons. The van der Waals surface area contributed by atoms with Crippen LogP contribution in [0, 0.1) is 5.92 Å². The Labute approximate surface area is 136 Å². The number of hydrogen-bond acceptors (Lipinski definition) is 4. The third-order valence-electron chi connectivity index (χ3n) is 3.36. The summed E-state index contributed by atoms with van der Waals surface area (Å²) in [6, 6.07) is 7.24. The van der Waals surface area contributed by atoms with Crippen molar-refractivity contribution in [3.63, 3.8) is 0 Å². The second kappa shape index (κ2) is 7.87. The summed E-state index contributed by atoms with van der Waals surface area (Å²) in [6.45, 7) is -0.217. The topological polar surface area (TPSA) is 75.1 Å². The molecule has 0 bridgehead atoms. The standard InChI is InChI=1S/C16H16F3N3O2/c17-16(18,19)13-5-3-7-21-14(13)15(24)22-9-11(10-23)8-12-4-1-2-6-20-12/h1-7,11,23H,8-10H2,(H,22,24). The van der Waals surface area contributed by atoms with Crippen LogP contribution < -0.4 is 5.32 Å². The molecule has 0 aromatic carbocycles. The zero-order valence-corrected chi connectivity index (χ0v) is 12.6. The summed E-state index contributed by atoms with van der Waals surface area (Å²) in [6.07, 6.45) is -1.54. The lowest BCUT2D eigenvalue weighted by molar-refractivity contribution is -0.138. The van der Waals surface area contributed by atoms with E-state index in [1.807, 2.05) is 0 Å². The van der Waals surface area contributed by atoms with Gasteiger partial charge in [0, 0.05) is 37.2 Å². The number of carbonyl (C=O) groups is 1. The number of hydrogen-bond donors (Lipinski definition) is 2. The lowest BCUT2D eigenvalue weighted by Crippen LogP contribution is -2.33. The first-order valence-corrected chi connectivity index (χ1v) is 7.23. The molecule has 0 spiro atoms. The number of nitrogens with one attached hydrogen (secondary N) is 1. The molecule has 1 atom stereocenters. The van der Waals surface area contributed by atoms with Crippen LogP contribution >= 0.6 is 0 Å². The molecular formula is C16H16F3N3O2. The van der Waals surface area contributed by atoms with Gasteiger partial charge < -0.3 is 10.4 Å². The molecule has 128 valence electrons. The molecule has 2 aromatic rings. The summed E-state index contributed by atoms with van der Waals surface area (Å²) in [5.41, 5.74) is -1.05. The molecule has 1 unspecified atom stereocenters. The van der Waals surface area contributed by atoms with Crippen LogP contribution in [0.1, 0.15) is 21.7 Å². The van der Waals surface area contributed by atoms with Crippen molar-refractivity contribution in [2.45, 2.75) is 12.6 Å². The first-order chi connectivity index (χ1) is 11.4. The Morgan fingerprint density at radius 2 is 1.92 bits per heavy atom. The van der Waals surface area contributed by atoms with Gasteiger partial charge in [-0.3, -0.25) is 14.8 Å². The third-order valence-corrected chi connectivity index (χ3v) is 3.36. The van der Waals surface area contributed by atoms with E-state index in [0.29, 0.717) is 6.42 Å². The van der Waals surface area contributed by atoms with E-state index >= 15 is 0 Å². The predicted molar refractivity (Wildman–Crippen MR) is 80.1 cm³/mol. The average molecular weight is 339 g/mol. The molecule has 0 saturated heterocycles. The zero-order chi connectivity index (χ0) is 17.6. The van der Waals surface area contributed by atoms with E-state index in [2.05, 4.69) is 15.3 Å². The summed E-state index contributed by atoms with van der Waals surface area (Å²) in [5.74, 6) is -1.29. The number of aromatic nitrogens is 2. The predicted octanol–water partition coefficient (Wildman–Crippen LogP) is 2.08. The molecule has 0 aliphatic carbocycles. The highest BCUT2D eigenvalue weighted by Gasteiger charge is 2.35. The van der Waals surface area contributed by atoms with Crippen LogP contribution in [-0.2, 0) is 12.6 Å². The van der Waals surface area contributed by atoms with Gasteiger partial charge in [0.2, 0.25) is 0 Å². The van der Waals surface area contributed by atoms with E-state index in [0.717, 1.165) is 24.0 Å². The van der Waals surface area contributed by atoms with E-state index in [9.17, 15) is 23.1 Å². The van der Waals surface area contributed by atoms with E-state index in [1.54, 1.807) is 24.4 Å². The molecule has 2 rings (SSSR count). The average Bonchev–Trinajstić information content (AvgIpc) is 2.58. The van der Waals surface area contributed by atoms with Gasteiger partial charge in [-0.2, -0.15) is 13.2 Å². The Bertz CT molecular complexity index is 678. The van der Waals surface area contributed by atoms with Crippen LogP contribution in [0.2, 0.25) is 0 Å². The Kier molecular flexibility index (Phi) is 5.86. The van der Waals surface area contributed by atoms with Gasteiger partial charge in [-0.1, -0.05) is 6.07 Å². The fraction of sp³-hybridized carbons (Fsp3) is 0.312. The van der Waals surface area contributed by atoms with Gasteiger partial charge in [-0.05, 0) is 30.7 Å². The van der Waals surface area contributed by atoms with E-state index in [-0.39, 0.29) is 19.1 Å². The molecule has 0 fully saturated rings. The molecule has 0 saturated carbocycles. The second-order valence-electron chi connectivity index (χ2n) is 5.18. The molecular weight excluding hydrogens is 323 g/mol. The van der Waals surface area contributed by atoms with Crippen molar-refractivity contribution in [2.24, 2.45) is 5.92 Å². The van der Waals surface area contributed by atoms with Crippen molar-refractivity contribution >= 4 is 5.91 Å². The number of alkyl halides is 3. The summed E-state index contributed by atoms with van der Waals surface area (Å²) in [5, 5.41) is 11.8. The summed E-state index contributed by atoms with van der Waals surface area (Å²) < 4.78 is 38.7. The number of pyridine rings is 2. The monoisotopic (exact) mass is 339 g/mol. The number of halogens is 3. The van der Waals surface area contributed by atoms with Crippen LogP contribution in [0.15, 0.2) is 42.7 Å². The number of aliphatic hydroxyl groups is 1. The van der Waals surface area contributed by atoms with Crippen LogP contribution in [0.25, 0.3) is 0 Å². The minimum absolute atomic E-state index is 0.0137. The number of amides is 1. The fourth-order valence-electron chi connectivity index (χ4n) is 2.15. The molecule has 0 aliphatic rings. The summed E-state index contributed by atoms with van der Waals surface area (Å²) in [7, 11) is 0. The Balaban J connectivity index is 2.02. The van der Waals surface area contributed by atoms with E-state index < -0.39 is 23.3 Å². The van der Waals surface area contributed by atoms with Gasteiger partial charge in [-0.15, -0.1) is 0 Å². The SMILES string of the molecule is O=C(NCC(CO)Cc1ccccn1)c1ncccc1C(F)(F)F. The highest BCUT2D eigenvalue weighted by molar-refractivity contribution is 5.93. The van der Waals surface area contributed by atoms with Gasteiger partial charge in [-0.25, -0.2) is 0 Å². The number of rotatable bonds is 6. The second-order valence-corrected chi connectivity index (χ2v) is 5.18. The van der Waals surface area contributed by atoms with Crippen molar-refractivity contribution in [3.05, 3.63) is 59.7 Å².